The summed E-state index contributed by atoms with van der Waals surface area (Å²) in [6.45, 7) is -9.15. The van der Waals surface area contributed by atoms with Crippen LogP contribution in [0, 0.1) is 0 Å². The van der Waals surface area contributed by atoms with Crippen molar-refractivity contribution in [3.05, 3.63) is 62.0 Å². The molecule has 0 radical (unpaired) electrons. The van der Waals surface area contributed by atoms with Gasteiger partial charge in [-0.3, -0.25) is 37.7 Å². The van der Waals surface area contributed by atoms with Gasteiger partial charge >= 0.3 is 52.6 Å². The molecule has 0 amide bonds. The smallest absolute Gasteiger partial charge is 0.371 e. The van der Waals surface area contributed by atoms with Gasteiger partial charge in [0.2, 0.25) is 15.2 Å². The molecule has 580 valence electrons. The van der Waals surface area contributed by atoms with Gasteiger partial charge < -0.3 is 230 Å². The summed E-state index contributed by atoms with van der Waals surface area (Å²) in [6, 6.07) is 0. The molecule has 5 heterocycles. The van der Waals surface area contributed by atoms with Gasteiger partial charge in [-0.2, -0.15) is 0 Å². The van der Waals surface area contributed by atoms with Gasteiger partial charge in [-0.15, -0.1) is 0 Å². The van der Waals surface area contributed by atoms with Crippen molar-refractivity contribution in [2.75, 3.05) is 98.8 Å². The van der Waals surface area contributed by atoms with Crippen molar-refractivity contribution in [3.63, 3.8) is 0 Å². The van der Waals surface area contributed by atoms with Crippen molar-refractivity contribution >= 4 is 106 Å². The van der Waals surface area contributed by atoms with Crippen LogP contribution in [-0.2, 0) is 69.6 Å². The number of nitrogens with zero attached hydrogens (tertiary/aromatic N) is 10. The first-order valence-corrected chi connectivity index (χ1v) is 41.1. The number of β-amino-alcohol motifs (C(OH)–C–C–N with tert-alkyl or cyclic N) is 5. The highest BCUT2D eigenvalue weighted by Crippen LogP contribution is 2.69. The fourth-order valence-corrected chi connectivity index (χ4v) is 17.6. The SMILES string of the molecule is O=C(O)CN1C=CN(CC(O)(P(=O)(O)O)P(=O)(O)O)C1.O=C(O)CN1C=CN(CC(O)(P(=O)([O-])O)P(=O)(O)O)C1.O=C(O)CN1C=CN(CC(O)(P(=O)([O-])O)P(=O)([O-])O)C1.O=C(O)CN1C=CN(CC(O)(P(=O)([O-])O)P(=O)([O-])O)C1.O=C(O)CN1C=CN(CC(O)(P(=O)([O-])[O-])P(=O)([O-])[O-])C1. The quantitative estimate of drug-likeness (QED) is 0.0297. The van der Waals surface area contributed by atoms with E-state index in [0.29, 0.717) is 0 Å². The first kappa shape index (κ1) is 93.4. The van der Waals surface area contributed by atoms with Gasteiger partial charge in [0.25, 0.3) is 5.08 Å². The average Bonchev–Trinajstić information content (AvgIpc) is 1.19. The first-order chi connectivity index (χ1) is 44.3. The number of aliphatic hydroxyl groups is 5. The van der Waals surface area contributed by atoms with E-state index in [-0.39, 0.29) is 33.3 Å². The van der Waals surface area contributed by atoms with Crippen LogP contribution in [0.4, 0.5) is 0 Å². The maximum absolute atomic E-state index is 11.1. The molecule has 0 aromatic carbocycles. The number of hydrogen-bond acceptors (Lipinski definition) is 39. The molecule has 5 aliphatic rings. The maximum Gasteiger partial charge on any atom is 0.371 e. The van der Waals surface area contributed by atoms with Crippen LogP contribution in [0.25, 0.3) is 0 Å². The highest BCUT2D eigenvalue weighted by atomic mass is 31.3. The molecule has 21 N–H and O–H groups in total. The van der Waals surface area contributed by atoms with Crippen LogP contribution in [0.3, 0.4) is 0 Å². The summed E-state index contributed by atoms with van der Waals surface area (Å²) >= 11 is 0. The molecule has 0 spiro atoms. The van der Waals surface area contributed by atoms with Gasteiger partial charge in [-0.05, 0) is 15.2 Å². The Morgan fingerprint density at radius 1 is 0.260 bits per heavy atom. The highest BCUT2D eigenvalue weighted by Gasteiger charge is 2.61. The van der Waals surface area contributed by atoms with Crippen molar-refractivity contribution in [1.29, 1.82) is 0 Å². The minimum absolute atomic E-state index is 0.186. The standard InChI is InChI=1S/5C7H14N2O9P2/c5*10-6(11)3-8-1-2-9(5-8)4-7(12,19(13,14)15)20(16,17)18/h5*1-2,12H,3-5H2,(H,10,11)(H2,13,14,15)(H2,16,17,18)/p-9. The molecular formula is C35H61N10O45P10-9. The van der Waals surface area contributed by atoms with E-state index in [1.54, 1.807) is 0 Å². The van der Waals surface area contributed by atoms with Crippen LogP contribution in [-0.4, -0.2) is 308 Å². The molecule has 65 heteroatoms. The number of rotatable bonds is 30. The number of carboxylic acid groups (broad SMARTS) is 5. The maximum atomic E-state index is 11.1. The Morgan fingerprint density at radius 2 is 0.400 bits per heavy atom. The molecule has 0 saturated heterocycles. The predicted molar refractivity (Wildman–Crippen MR) is 300 cm³/mol. The van der Waals surface area contributed by atoms with Gasteiger partial charge in [-0.25, -0.2) is 0 Å². The summed E-state index contributed by atoms with van der Waals surface area (Å²) in [5, 5.41) is 71.8. The lowest BCUT2D eigenvalue weighted by molar-refractivity contribution is -0.349. The summed E-state index contributed by atoms with van der Waals surface area (Å²) < 4.78 is 110. The van der Waals surface area contributed by atoms with Crippen molar-refractivity contribution in [1.82, 2.24) is 49.0 Å². The van der Waals surface area contributed by atoms with Gasteiger partial charge in [0.15, 0.2) is 38.0 Å². The molecule has 0 bridgehead atoms. The summed E-state index contributed by atoms with van der Waals surface area (Å²) in [5.74, 6) is -5.89. The molecule has 5 aliphatic heterocycles. The van der Waals surface area contributed by atoms with Crippen LogP contribution in [0.5, 0.6) is 0 Å². The molecule has 5 rings (SSSR count). The molecule has 0 aliphatic carbocycles. The second-order valence-corrected chi connectivity index (χ2v) is 40.4. The second kappa shape index (κ2) is 34.1. The zero-order valence-corrected chi connectivity index (χ0v) is 58.5. The third-order valence-corrected chi connectivity index (χ3v) is 30.7. The summed E-state index contributed by atoms with van der Waals surface area (Å²) in [7, 11) is -58.1. The monoisotopic (exact) mass is 1650 g/mol. The number of hydrogen-bond donors (Lipinski definition) is 21. The second-order valence-electron chi connectivity index (χ2n) is 20.7. The normalized spacial score (nSPS) is 20.7. The fraction of sp³-hybridized carbons (Fsp3) is 0.571. The summed E-state index contributed by atoms with van der Waals surface area (Å²) in [5.41, 5.74) is 0. The average molecular weight is 1650 g/mol. The van der Waals surface area contributed by atoms with E-state index in [9.17, 15) is 139 Å². The van der Waals surface area contributed by atoms with Crippen molar-refractivity contribution in [2.45, 2.75) is 25.4 Å². The first-order valence-electron chi connectivity index (χ1n) is 25.3. The van der Waals surface area contributed by atoms with Crippen molar-refractivity contribution in [3.8, 4) is 0 Å². The van der Waals surface area contributed by atoms with E-state index in [1.807, 2.05) is 0 Å². The fourth-order valence-electron chi connectivity index (χ4n) is 7.54. The Bertz CT molecular complexity index is 2970. The molecule has 0 saturated carbocycles. The van der Waals surface area contributed by atoms with Crippen LogP contribution in [0.1, 0.15) is 0 Å². The van der Waals surface area contributed by atoms with Crippen LogP contribution in [0.2, 0.25) is 0 Å². The molecule has 55 nitrogen and oxygen atoms in total. The van der Waals surface area contributed by atoms with Crippen LogP contribution >= 0.6 is 76.0 Å². The van der Waals surface area contributed by atoms with Crippen molar-refractivity contribution in [2.24, 2.45) is 0 Å². The lowest BCUT2D eigenvalue weighted by atomic mass is 10.6. The minimum Gasteiger partial charge on any atom is -0.808 e. The zero-order valence-electron chi connectivity index (χ0n) is 49.5. The Labute approximate surface area is 558 Å². The number of aliphatic carboxylic acids is 5. The lowest BCUT2D eigenvalue weighted by Crippen LogP contribution is -2.52. The van der Waals surface area contributed by atoms with E-state index in [2.05, 4.69) is 0 Å². The number of carboxylic acids is 5. The molecule has 0 aromatic heterocycles. The lowest BCUT2D eigenvalue weighted by Gasteiger charge is -2.56. The van der Waals surface area contributed by atoms with Crippen LogP contribution in [0.15, 0.2) is 62.0 Å². The third-order valence-electron chi connectivity index (χ3n) is 12.6. The Balaban J connectivity index is 0.000000625. The largest absolute Gasteiger partial charge is 0.808 e. The Hall–Kier alpha value is -4.65. The minimum atomic E-state index is -6.15. The van der Waals surface area contributed by atoms with E-state index in [0.717, 1.165) is 54.2 Å². The molecule has 0 fully saturated rings. The summed E-state index contributed by atoms with van der Waals surface area (Å²) in [4.78, 5) is 259. The topological polar surface area (TPSA) is 921 Å². The van der Waals surface area contributed by atoms with E-state index >= 15 is 0 Å². The molecular weight excluding hydrogens is 1590 g/mol. The van der Waals surface area contributed by atoms with Crippen molar-refractivity contribution < 1.29 is 219 Å². The predicted octanol–water partition coefficient (Wildman–Crippen LogP) is -15.1. The van der Waals surface area contributed by atoms with Gasteiger partial charge in [0.05, 0.1) is 66.1 Å². The van der Waals surface area contributed by atoms with E-state index in [1.165, 1.54) is 56.8 Å². The number of carbonyl (C=O) groups is 5. The molecule has 6 unspecified atom stereocenters. The highest BCUT2D eigenvalue weighted by molar-refractivity contribution is 7.73. The Morgan fingerprint density at radius 3 is 0.540 bits per heavy atom. The van der Waals surface area contributed by atoms with E-state index in [4.69, 9.17) is 79.4 Å². The Kier molecular flexibility index (Phi) is 31.8. The van der Waals surface area contributed by atoms with Crippen LogP contribution < -0.4 is 44.0 Å². The molecule has 0 aromatic rings. The van der Waals surface area contributed by atoms with E-state index < -0.39 is 197 Å². The molecule has 100 heavy (non-hydrogen) atoms. The summed E-state index contributed by atoms with van der Waals surface area (Å²) in [6.07, 6.45) is 11.7. The van der Waals surface area contributed by atoms with Gasteiger partial charge in [0.1, 0.15) is 37.8 Å². The zero-order chi connectivity index (χ0) is 78.8. The molecule has 6 atom stereocenters. The van der Waals surface area contributed by atoms with Gasteiger partial charge in [0, 0.05) is 62.0 Å². The van der Waals surface area contributed by atoms with Gasteiger partial charge in [-0.1, -0.05) is 0 Å². The third kappa shape index (κ3) is 25.9.